The van der Waals surface area contributed by atoms with Crippen LogP contribution in [0.4, 0.5) is 0 Å². The van der Waals surface area contributed by atoms with Crippen molar-refractivity contribution in [1.82, 2.24) is 9.88 Å². The fourth-order valence-corrected chi connectivity index (χ4v) is 5.51. The molecule has 148 valence electrons. The molecule has 0 saturated heterocycles. The predicted molar refractivity (Wildman–Crippen MR) is 108 cm³/mol. The van der Waals surface area contributed by atoms with E-state index >= 15 is 0 Å². The predicted octanol–water partition coefficient (Wildman–Crippen LogP) is 3.66. The number of halogens is 1. The minimum Gasteiger partial charge on any atom is -0.378 e. The van der Waals surface area contributed by atoms with Crippen molar-refractivity contribution in [1.29, 1.82) is 0 Å². The molecule has 5 nitrogen and oxygen atoms in total. The molecule has 2 aliphatic rings. The zero-order valence-corrected chi connectivity index (χ0v) is 17.5. The molecular formula is C19H32ClN3O2S. The van der Waals surface area contributed by atoms with E-state index in [1.807, 2.05) is 5.38 Å². The molecule has 1 amide bonds. The van der Waals surface area contributed by atoms with Gasteiger partial charge in [-0.25, -0.2) is 4.98 Å². The number of amides is 1. The summed E-state index contributed by atoms with van der Waals surface area (Å²) >= 11 is 1.54. The van der Waals surface area contributed by atoms with Crippen LogP contribution in [0.1, 0.15) is 67.9 Å². The number of nitrogens with zero attached hydrogens (tertiary/aromatic N) is 2. The number of carbonyl (C=O) groups is 1. The van der Waals surface area contributed by atoms with Gasteiger partial charge in [0.15, 0.2) is 0 Å². The first-order chi connectivity index (χ1) is 12.2. The van der Waals surface area contributed by atoms with Gasteiger partial charge in [0.2, 0.25) is 0 Å². The van der Waals surface area contributed by atoms with Gasteiger partial charge in [0.1, 0.15) is 5.69 Å². The maximum Gasteiger partial charge on any atom is 0.273 e. The molecule has 0 radical (unpaired) electrons. The lowest BCUT2D eigenvalue weighted by atomic mass is 9.59. The first-order valence-electron chi connectivity index (χ1n) is 9.73. The van der Waals surface area contributed by atoms with E-state index in [0.717, 1.165) is 37.4 Å². The molecule has 2 fully saturated rings. The summed E-state index contributed by atoms with van der Waals surface area (Å²) in [6.07, 6.45) is 7.89. The third-order valence-electron chi connectivity index (χ3n) is 5.88. The summed E-state index contributed by atoms with van der Waals surface area (Å²) < 4.78 is 6.03. The van der Waals surface area contributed by atoms with Crippen LogP contribution in [0, 0.1) is 5.41 Å². The van der Waals surface area contributed by atoms with Gasteiger partial charge in [-0.2, -0.15) is 0 Å². The van der Waals surface area contributed by atoms with Crippen molar-refractivity contribution < 1.29 is 9.53 Å². The average molecular weight is 402 g/mol. The Bertz CT molecular complexity index is 589. The summed E-state index contributed by atoms with van der Waals surface area (Å²) in [7, 11) is 0. The standard InChI is InChI=1S/C19H31N3O2S.ClH/c1-3-11-22(18(23)14-13-25-17(21-14)7-10-20)15-12-16(24-4-2)19(15)8-5-6-9-19;/h13,15-16H,3-12,20H2,1-2H3;1H. The summed E-state index contributed by atoms with van der Waals surface area (Å²) in [5, 5.41) is 2.86. The molecule has 2 unspecified atom stereocenters. The third-order valence-corrected chi connectivity index (χ3v) is 6.78. The molecule has 0 aliphatic heterocycles. The molecule has 0 bridgehead atoms. The second-order valence-corrected chi connectivity index (χ2v) is 8.24. The summed E-state index contributed by atoms with van der Waals surface area (Å²) in [6.45, 7) is 6.34. The average Bonchev–Trinajstić information content (AvgIpc) is 3.27. The Hall–Kier alpha value is -0.690. The lowest BCUT2D eigenvalue weighted by Gasteiger charge is -2.57. The van der Waals surface area contributed by atoms with E-state index in [4.69, 9.17) is 10.5 Å². The SMILES string of the molecule is CCCN(C(=O)c1csc(CCN)n1)C1CC(OCC)C12CCCC2.Cl. The number of nitrogens with two attached hydrogens (primary N) is 1. The second-order valence-electron chi connectivity index (χ2n) is 7.30. The van der Waals surface area contributed by atoms with E-state index in [-0.39, 0.29) is 23.7 Å². The van der Waals surface area contributed by atoms with Crippen LogP contribution in [0.2, 0.25) is 0 Å². The van der Waals surface area contributed by atoms with Crippen LogP contribution in [-0.2, 0) is 11.2 Å². The van der Waals surface area contributed by atoms with E-state index < -0.39 is 0 Å². The highest BCUT2D eigenvalue weighted by atomic mass is 35.5. The Morgan fingerprint density at radius 3 is 2.77 bits per heavy atom. The highest BCUT2D eigenvalue weighted by Gasteiger charge is 2.59. The molecule has 1 spiro atoms. The van der Waals surface area contributed by atoms with Crippen molar-refractivity contribution in [2.75, 3.05) is 19.7 Å². The van der Waals surface area contributed by atoms with Crippen LogP contribution in [0.25, 0.3) is 0 Å². The number of carbonyl (C=O) groups excluding carboxylic acids is 1. The lowest BCUT2D eigenvalue weighted by molar-refractivity contribution is -0.156. The molecule has 2 N–H and O–H groups in total. The minimum atomic E-state index is 0. The Kier molecular flexibility index (Phi) is 7.89. The molecule has 7 heteroatoms. The third kappa shape index (κ3) is 3.93. The van der Waals surface area contributed by atoms with Crippen molar-refractivity contribution in [2.24, 2.45) is 11.1 Å². The molecule has 2 atom stereocenters. The molecule has 2 saturated carbocycles. The van der Waals surface area contributed by atoms with Gasteiger partial charge >= 0.3 is 0 Å². The number of hydrogen-bond donors (Lipinski definition) is 1. The molecule has 26 heavy (non-hydrogen) atoms. The van der Waals surface area contributed by atoms with Gasteiger partial charge in [-0.3, -0.25) is 4.79 Å². The van der Waals surface area contributed by atoms with Crippen LogP contribution in [0.5, 0.6) is 0 Å². The van der Waals surface area contributed by atoms with E-state index in [0.29, 0.717) is 24.4 Å². The monoisotopic (exact) mass is 401 g/mol. The number of hydrogen-bond acceptors (Lipinski definition) is 5. The Labute approximate surface area is 167 Å². The first-order valence-corrected chi connectivity index (χ1v) is 10.6. The van der Waals surface area contributed by atoms with E-state index in [1.165, 1.54) is 25.7 Å². The maximum atomic E-state index is 13.2. The number of rotatable bonds is 8. The summed E-state index contributed by atoms with van der Waals surface area (Å²) in [5.41, 5.74) is 6.38. The number of thiazole rings is 1. The molecular weight excluding hydrogens is 370 g/mol. The molecule has 0 aromatic carbocycles. The highest BCUT2D eigenvalue weighted by Crippen LogP contribution is 2.56. The quantitative estimate of drug-likeness (QED) is 0.721. The van der Waals surface area contributed by atoms with Gasteiger partial charge in [-0.15, -0.1) is 23.7 Å². The summed E-state index contributed by atoms with van der Waals surface area (Å²) in [4.78, 5) is 19.8. The normalized spacial score (nSPS) is 23.5. The van der Waals surface area contributed by atoms with Crippen molar-refractivity contribution in [3.63, 3.8) is 0 Å². The van der Waals surface area contributed by atoms with Crippen LogP contribution < -0.4 is 5.73 Å². The van der Waals surface area contributed by atoms with Crippen molar-refractivity contribution in [3.05, 3.63) is 16.1 Å². The molecule has 1 aromatic rings. The van der Waals surface area contributed by atoms with Crippen molar-refractivity contribution in [3.8, 4) is 0 Å². The highest BCUT2D eigenvalue weighted by molar-refractivity contribution is 7.09. The van der Waals surface area contributed by atoms with Crippen LogP contribution in [0.3, 0.4) is 0 Å². The fourth-order valence-electron chi connectivity index (χ4n) is 4.72. The topological polar surface area (TPSA) is 68.5 Å². The zero-order chi connectivity index (χ0) is 17.9. The van der Waals surface area contributed by atoms with Crippen molar-refractivity contribution >= 4 is 29.7 Å². The summed E-state index contributed by atoms with van der Waals surface area (Å²) in [6, 6.07) is 0.304. The van der Waals surface area contributed by atoms with Crippen LogP contribution in [-0.4, -0.2) is 47.6 Å². The first kappa shape index (κ1) is 21.6. The Morgan fingerprint density at radius 1 is 1.42 bits per heavy atom. The van der Waals surface area contributed by atoms with Gasteiger partial charge in [-0.1, -0.05) is 19.8 Å². The zero-order valence-electron chi connectivity index (χ0n) is 15.9. The minimum absolute atomic E-state index is 0. The maximum absolute atomic E-state index is 13.2. The summed E-state index contributed by atoms with van der Waals surface area (Å²) in [5.74, 6) is 0.0904. The lowest BCUT2D eigenvalue weighted by Crippen LogP contribution is -2.65. The van der Waals surface area contributed by atoms with Gasteiger partial charge in [-0.05, 0) is 39.2 Å². The van der Waals surface area contributed by atoms with E-state index in [2.05, 4.69) is 23.7 Å². The van der Waals surface area contributed by atoms with E-state index in [9.17, 15) is 4.79 Å². The van der Waals surface area contributed by atoms with Crippen molar-refractivity contribution in [2.45, 2.75) is 70.9 Å². The number of aromatic nitrogens is 1. The van der Waals surface area contributed by atoms with Gasteiger partial charge in [0.25, 0.3) is 5.91 Å². The Balaban J connectivity index is 0.00000243. The van der Waals surface area contributed by atoms with Crippen LogP contribution in [0.15, 0.2) is 5.38 Å². The molecule has 2 aliphatic carbocycles. The van der Waals surface area contributed by atoms with Gasteiger partial charge in [0.05, 0.1) is 11.1 Å². The second kappa shape index (κ2) is 9.49. The molecule has 3 rings (SSSR count). The van der Waals surface area contributed by atoms with Gasteiger partial charge < -0.3 is 15.4 Å². The largest absolute Gasteiger partial charge is 0.378 e. The fraction of sp³-hybridized carbons (Fsp3) is 0.789. The van der Waals surface area contributed by atoms with E-state index in [1.54, 1.807) is 11.3 Å². The number of ether oxygens (including phenoxy) is 1. The van der Waals surface area contributed by atoms with Crippen LogP contribution >= 0.6 is 23.7 Å². The molecule has 1 heterocycles. The molecule has 1 aromatic heterocycles. The Morgan fingerprint density at radius 2 is 2.15 bits per heavy atom. The van der Waals surface area contributed by atoms with Gasteiger partial charge in [0, 0.05) is 36.4 Å². The smallest absolute Gasteiger partial charge is 0.273 e.